The smallest absolute Gasteiger partial charge is 0.369 e. The van der Waals surface area contributed by atoms with E-state index in [-0.39, 0.29) is 112 Å². The molecule has 0 unspecified atom stereocenters. The van der Waals surface area contributed by atoms with Crippen LogP contribution in [0.5, 0.6) is 0 Å². The number of aromatic nitrogens is 6. The Morgan fingerprint density at radius 2 is 0.618 bits per heavy atom. The van der Waals surface area contributed by atoms with Crippen LogP contribution in [-0.2, 0) is 80.4 Å². The Morgan fingerprint density at radius 1 is 0.348 bits per heavy atom. The Bertz CT molecular complexity index is 2490. The Kier molecular flexibility index (Phi) is 84.7. The van der Waals surface area contributed by atoms with E-state index < -0.39 is 13.0 Å². The minimum atomic E-state index is -1.65. The number of hydrazone groups is 2. The summed E-state index contributed by atoms with van der Waals surface area (Å²) in [5.74, 6) is 0. The van der Waals surface area contributed by atoms with Crippen LogP contribution in [0.15, 0.2) is 181 Å². The van der Waals surface area contributed by atoms with E-state index in [1.54, 1.807) is 23.0 Å². The second-order valence-electron chi connectivity index (χ2n) is 17.4. The summed E-state index contributed by atoms with van der Waals surface area (Å²) in [5.41, 5.74) is 3.45. The summed E-state index contributed by atoms with van der Waals surface area (Å²) in [6.45, 7) is 57.4. The largest absolute Gasteiger partial charge is 0.567 e. The average molecular weight is 2010 g/mol. The van der Waals surface area contributed by atoms with Crippen LogP contribution in [0.1, 0.15) is 151 Å². The zero-order valence-electron chi connectivity index (χ0n) is 60.8. The molecule has 89 heavy (non-hydrogen) atoms. The van der Waals surface area contributed by atoms with Gasteiger partial charge in [0.15, 0.2) is 0 Å². The molecular formula is C69H128B2Ir4N10P4+4. The van der Waals surface area contributed by atoms with E-state index in [0.29, 0.717) is 0 Å². The molecule has 3 aromatic heterocycles. The zero-order valence-corrected chi connectivity index (χ0v) is 74.3. The Balaban J connectivity index is -0.000000128. The molecule has 0 amide bonds. The van der Waals surface area contributed by atoms with Crippen LogP contribution in [0.4, 0.5) is 0 Å². The third-order valence-electron chi connectivity index (χ3n) is 11.6. The fourth-order valence-electron chi connectivity index (χ4n) is 8.42. The molecule has 0 aliphatic carbocycles. The van der Waals surface area contributed by atoms with Crippen LogP contribution in [0.3, 0.4) is 0 Å². The van der Waals surface area contributed by atoms with Gasteiger partial charge in [0.1, 0.15) is 23.0 Å². The maximum atomic E-state index is 4.64. The van der Waals surface area contributed by atoms with Crippen molar-refractivity contribution in [3.8, 4) is 0 Å². The van der Waals surface area contributed by atoms with Crippen molar-refractivity contribution in [1.29, 1.82) is 0 Å². The van der Waals surface area contributed by atoms with Crippen LogP contribution < -0.4 is 27.0 Å². The van der Waals surface area contributed by atoms with E-state index in [9.17, 15) is 0 Å². The summed E-state index contributed by atoms with van der Waals surface area (Å²) in [6.07, 6.45) is 22.5. The maximum absolute atomic E-state index is 4.64. The standard InChI is InChI=1S/C18H17BN4.C15H15BN6.C10H16P2.C6H16P2.10C2H6.4Ir/c1-3-9-17(10-4-1)19(22-15-7-13-20-22,23-16-8-14-21-23)18-11-5-2-6-12-18;1-2-7-15(8-3-1)16(20-12-4-9-17-20,21-13-5-10-18-21)22-14-6-11-19-22;1-11(2)9-7-5-6-8-10(9)12(3)4;1-7(2)5-6-8(3)4;10*1-2;;;;/h1-7,9-16H,8H2;1-5,7-14H,6H2;5-8H,1-4H3;5-6H2,1-4H3;10*1-2H3;;;;/p+4. The molecule has 0 saturated heterocycles. The molecule has 0 saturated carbocycles. The van der Waals surface area contributed by atoms with Gasteiger partial charge in [-0.25, -0.2) is 15.3 Å². The van der Waals surface area contributed by atoms with E-state index in [1.165, 1.54) is 23.2 Å². The van der Waals surface area contributed by atoms with Crippen LogP contribution in [0, 0.1) is 0 Å². The second-order valence-corrected chi connectivity index (χ2v) is 28.3. The van der Waals surface area contributed by atoms with Crippen molar-refractivity contribution in [2.24, 2.45) is 10.2 Å². The second kappa shape index (κ2) is 71.5. The molecule has 5 heterocycles. The first-order chi connectivity index (χ1) is 41.6. The summed E-state index contributed by atoms with van der Waals surface area (Å²) < 4.78 is 9.93. The van der Waals surface area contributed by atoms with Gasteiger partial charge >= 0.3 is 13.0 Å². The average Bonchev–Trinajstić information content (AvgIpc) is 2.27. The van der Waals surface area contributed by atoms with Gasteiger partial charge in [-0.15, -0.1) is 10.9 Å². The van der Waals surface area contributed by atoms with Gasteiger partial charge < -0.3 is 13.8 Å². The Labute approximate surface area is 607 Å². The minimum absolute atomic E-state index is 0. The van der Waals surface area contributed by atoms with Gasteiger partial charge in [-0.3, -0.25) is 9.19 Å². The van der Waals surface area contributed by atoms with Gasteiger partial charge in [0.05, 0.1) is 64.3 Å². The minimum Gasteiger partial charge on any atom is -0.369 e. The molecule has 20 heteroatoms. The van der Waals surface area contributed by atoms with E-state index in [0.717, 1.165) is 18.3 Å². The zero-order chi connectivity index (χ0) is 66.1. The monoisotopic (exact) mass is 2010 g/mol. The van der Waals surface area contributed by atoms with Crippen LogP contribution in [-0.4, -0.2) is 142 Å². The third-order valence-corrected chi connectivity index (χ3v) is 17.9. The van der Waals surface area contributed by atoms with Crippen molar-refractivity contribution >= 4 is 96.5 Å². The quantitative estimate of drug-likeness (QED) is 0.0852. The summed E-state index contributed by atoms with van der Waals surface area (Å²) in [7, 11) is -0.331. The summed E-state index contributed by atoms with van der Waals surface area (Å²) in [4.78, 5) is 0. The van der Waals surface area contributed by atoms with Gasteiger partial charge in [-0.1, -0.05) is 257 Å². The van der Waals surface area contributed by atoms with E-state index >= 15 is 0 Å². The molecule has 4 aromatic carbocycles. The number of rotatable bonds is 13. The predicted molar refractivity (Wildman–Crippen MR) is 411 cm³/mol. The van der Waals surface area contributed by atoms with Crippen LogP contribution in [0.2, 0.25) is 0 Å². The number of benzene rings is 4. The van der Waals surface area contributed by atoms with Crippen molar-refractivity contribution in [2.45, 2.75) is 151 Å². The topological polar surface area (TPSA) is 84.2 Å². The fourth-order valence-corrected chi connectivity index (χ4v) is 16.0. The molecule has 10 nitrogen and oxygen atoms in total. The summed E-state index contributed by atoms with van der Waals surface area (Å²) in [6, 6.07) is 45.9. The first-order valence-corrected chi connectivity index (χ1v) is 43.1. The molecule has 4 radical (unpaired) electrons. The Hall–Kier alpha value is -2.36. The molecule has 0 bridgehead atoms. The van der Waals surface area contributed by atoms with E-state index in [1.807, 2.05) is 243 Å². The van der Waals surface area contributed by atoms with Gasteiger partial charge in [0, 0.05) is 142 Å². The summed E-state index contributed by atoms with van der Waals surface area (Å²) in [5, 5.41) is 26.1. The molecule has 0 fully saturated rings. The van der Waals surface area contributed by atoms with Crippen molar-refractivity contribution < 1.29 is 89.6 Å². The normalized spacial score (nSPS) is 10.3. The molecule has 512 valence electrons. The molecule has 0 N–H and O–H groups in total. The van der Waals surface area contributed by atoms with Crippen LogP contribution in [0.25, 0.3) is 0 Å². The third kappa shape index (κ3) is 36.2. The Morgan fingerprint density at radius 3 is 0.865 bits per heavy atom. The van der Waals surface area contributed by atoms with E-state index in [4.69, 9.17) is 0 Å². The predicted octanol–water partition coefficient (Wildman–Crippen LogP) is 16.3. The van der Waals surface area contributed by atoms with Gasteiger partial charge in [-0.2, -0.15) is 0 Å². The first kappa shape index (κ1) is 105. The van der Waals surface area contributed by atoms with Crippen molar-refractivity contribution in [2.75, 3.05) is 65.6 Å². The molecule has 0 atom stereocenters. The van der Waals surface area contributed by atoms with E-state index in [2.05, 4.69) is 181 Å². The number of hydrogen-bond acceptors (Lipinski definition) is 5. The molecular weight excluding hydrogens is 1880 g/mol. The van der Waals surface area contributed by atoms with Crippen molar-refractivity contribution in [3.05, 3.63) is 171 Å². The maximum Gasteiger partial charge on any atom is 0.567 e. The SMILES string of the molecule is C1=N[N+]([B-](c2ccccc2)(c2ccccc2)n2cccn2)=CC1.C1=N[N+]([B-](c2ccccc2)(n2cccn2)n2cccn2)=CC1.CC.CC.CC.CC.CC.CC.CC.CC.CC.CC.C[PH+](C)CC[PH+](C)C.C[PH+](C)c1ccccc1[PH+](C)C.[Ir].[Ir].[Ir].[Ir]. The van der Waals surface area contributed by atoms with Crippen molar-refractivity contribution in [1.82, 2.24) is 29.1 Å². The van der Waals surface area contributed by atoms with Crippen LogP contribution >= 0.6 is 31.7 Å². The first-order valence-electron chi connectivity index (χ1n) is 32.6. The molecule has 9 rings (SSSR count). The molecule has 2 aliphatic heterocycles. The molecule has 0 spiro atoms. The van der Waals surface area contributed by atoms with Gasteiger partial charge in [-0.05, 0) is 64.8 Å². The van der Waals surface area contributed by atoms with Gasteiger partial charge in [0.25, 0.3) is 0 Å². The molecule has 7 aromatic rings. The summed E-state index contributed by atoms with van der Waals surface area (Å²) >= 11 is 0. The van der Waals surface area contributed by atoms with Crippen molar-refractivity contribution in [3.63, 3.8) is 0 Å². The number of nitrogens with zero attached hydrogens (tertiary/aromatic N) is 10. The molecule has 2 aliphatic rings. The number of hydrogen-bond donors (Lipinski definition) is 0. The fraction of sp³-hybridized carbons (Fsp3) is 0.464. The van der Waals surface area contributed by atoms with Gasteiger partial charge in [0.2, 0.25) is 0 Å².